The SMILES string of the molecule is O[C@H]1C(c2ccccc2)=CC=CC1(O)O. The van der Waals surface area contributed by atoms with Crippen LogP contribution in [0.3, 0.4) is 0 Å². The van der Waals surface area contributed by atoms with E-state index in [-0.39, 0.29) is 0 Å². The maximum Gasteiger partial charge on any atom is 0.214 e. The Morgan fingerprint density at radius 2 is 1.73 bits per heavy atom. The van der Waals surface area contributed by atoms with E-state index in [0.717, 1.165) is 11.6 Å². The van der Waals surface area contributed by atoms with E-state index in [9.17, 15) is 15.3 Å². The molecule has 1 aromatic carbocycles. The van der Waals surface area contributed by atoms with Crippen molar-refractivity contribution in [2.45, 2.75) is 11.9 Å². The van der Waals surface area contributed by atoms with Crippen LogP contribution < -0.4 is 0 Å². The van der Waals surface area contributed by atoms with Crippen LogP contribution in [0, 0.1) is 0 Å². The Morgan fingerprint density at radius 1 is 1.07 bits per heavy atom. The lowest BCUT2D eigenvalue weighted by Crippen LogP contribution is -2.42. The van der Waals surface area contributed by atoms with Gasteiger partial charge in [0.1, 0.15) is 6.10 Å². The topological polar surface area (TPSA) is 60.7 Å². The molecule has 3 nitrogen and oxygen atoms in total. The summed E-state index contributed by atoms with van der Waals surface area (Å²) in [6.45, 7) is 0. The smallest absolute Gasteiger partial charge is 0.214 e. The van der Waals surface area contributed by atoms with Crippen LogP contribution in [-0.2, 0) is 0 Å². The number of rotatable bonds is 1. The number of aliphatic hydroxyl groups is 3. The summed E-state index contributed by atoms with van der Waals surface area (Å²) in [5.74, 6) is -2.18. The highest BCUT2D eigenvalue weighted by molar-refractivity contribution is 5.72. The van der Waals surface area contributed by atoms with Gasteiger partial charge in [0.05, 0.1) is 0 Å². The number of hydrogen-bond donors (Lipinski definition) is 3. The quantitative estimate of drug-likeness (QED) is 0.589. The molecule has 3 N–H and O–H groups in total. The van der Waals surface area contributed by atoms with Gasteiger partial charge < -0.3 is 15.3 Å². The first-order valence-corrected chi connectivity index (χ1v) is 4.69. The summed E-state index contributed by atoms with van der Waals surface area (Å²) in [5, 5.41) is 28.6. The molecule has 15 heavy (non-hydrogen) atoms. The molecule has 0 spiro atoms. The average molecular weight is 204 g/mol. The lowest BCUT2D eigenvalue weighted by atomic mass is 9.91. The minimum atomic E-state index is -2.18. The van der Waals surface area contributed by atoms with Gasteiger partial charge in [-0.1, -0.05) is 42.5 Å². The molecule has 3 heteroatoms. The van der Waals surface area contributed by atoms with Gasteiger partial charge in [-0.3, -0.25) is 0 Å². The second-order valence-electron chi connectivity index (χ2n) is 3.53. The number of allylic oxidation sites excluding steroid dienone is 2. The standard InChI is InChI=1S/C12H12O3/c13-11-10(7-4-8-12(11,14)15)9-5-2-1-3-6-9/h1-8,11,13-15H/t11-/m0/s1. The molecule has 0 aromatic heterocycles. The summed E-state index contributed by atoms with van der Waals surface area (Å²) in [6, 6.07) is 9.14. The van der Waals surface area contributed by atoms with Crippen LogP contribution in [0.15, 0.2) is 48.6 Å². The van der Waals surface area contributed by atoms with Crippen LogP contribution >= 0.6 is 0 Å². The molecule has 0 amide bonds. The van der Waals surface area contributed by atoms with Gasteiger partial charge in [0.2, 0.25) is 5.79 Å². The van der Waals surface area contributed by atoms with E-state index in [1.807, 2.05) is 30.3 Å². The van der Waals surface area contributed by atoms with Crippen molar-refractivity contribution in [3.8, 4) is 0 Å². The first-order chi connectivity index (χ1) is 7.11. The van der Waals surface area contributed by atoms with Gasteiger partial charge in [-0.05, 0) is 17.2 Å². The molecule has 78 valence electrons. The van der Waals surface area contributed by atoms with E-state index >= 15 is 0 Å². The van der Waals surface area contributed by atoms with E-state index in [0.29, 0.717) is 5.57 Å². The van der Waals surface area contributed by atoms with E-state index in [1.165, 1.54) is 6.08 Å². The molecular formula is C12H12O3. The minimum Gasteiger partial charge on any atom is -0.382 e. The Balaban J connectivity index is 2.39. The van der Waals surface area contributed by atoms with Crippen molar-refractivity contribution in [3.63, 3.8) is 0 Å². The lowest BCUT2D eigenvalue weighted by Gasteiger charge is -2.28. The highest BCUT2D eigenvalue weighted by atomic mass is 16.5. The molecule has 0 unspecified atom stereocenters. The maximum atomic E-state index is 9.73. The number of benzene rings is 1. The third-order valence-electron chi connectivity index (χ3n) is 2.42. The Labute approximate surface area is 87.6 Å². The van der Waals surface area contributed by atoms with E-state index in [2.05, 4.69) is 0 Å². The molecule has 0 radical (unpaired) electrons. The Kier molecular flexibility index (Phi) is 2.44. The van der Waals surface area contributed by atoms with Crippen LogP contribution in [0.5, 0.6) is 0 Å². The van der Waals surface area contributed by atoms with Crippen LogP contribution in [0.1, 0.15) is 5.56 Å². The molecule has 1 aliphatic rings. The van der Waals surface area contributed by atoms with Gasteiger partial charge in [0.15, 0.2) is 0 Å². The van der Waals surface area contributed by atoms with Gasteiger partial charge in [-0.15, -0.1) is 0 Å². The van der Waals surface area contributed by atoms with Crippen molar-refractivity contribution in [1.29, 1.82) is 0 Å². The third-order valence-corrected chi connectivity index (χ3v) is 2.42. The predicted molar refractivity (Wildman–Crippen MR) is 56.7 cm³/mol. The zero-order valence-electron chi connectivity index (χ0n) is 8.04. The average Bonchev–Trinajstić information content (AvgIpc) is 2.23. The summed E-state index contributed by atoms with van der Waals surface area (Å²) in [4.78, 5) is 0. The fourth-order valence-corrected chi connectivity index (χ4v) is 1.59. The van der Waals surface area contributed by atoms with Crippen molar-refractivity contribution in [2.24, 2.45) is 0 Å². The number of aliphatic hydroxyl groups excluding tert-OH is 1. The maximum absolute atomic E-state index is 9.73. The summed E-state index contributed by atoms with van der Waals surface area (Å²) < 4.78 is 0. The molecule has 2 rings (SSSR count). The minimum absolute atomic E-state index is 0.503. The lowest BCUT2D eigenvalue weighted by molar-refractivity contribution is -0.170. The van der Waals surface area contributed by atoms with Gasteiger partial charge in [-0.2, -0.15) is 0 Å². The Bertz CT molecular complexity index is 404. The molecule has 1 aromatic rings. The fraction of sp³-hybridized carbons (Fsp3) is 0.167. The first kappa shape index (κ1) is 10.1. The molecule has 0 bridgehead atoms. The number of hydrogen-bond acceptors (Lipinski definition) is 3. The first-order valence-electron chi connectivity index (χ1n) is 4.69. The van der Waals surface area contributed by atoms with Crippen LogP contribution in [0.4, 0.5) is 0 Å². The molecule has 0 saturated carbocycles. The molecule has 0 fully saturated rings. The van der Waals surface area contributed by atoms with E-state index < -0.39 is 11.9 Å². The predicted octanol–water partition coefficient (Wildman–Crippen LogP) is 0.682. The molecule has 0 saturated heterocycles. The summed E-state index contributed by atoms with van der Waals surface area (Å²) in [5.41, 5.74) is 1.28. The zero-order valence-corrected chi connectivity index (χ0v) is 8.04. The van der Waals surface area contributed by atoms with E-state index in [1.54, 1.807) is 6.08 Å². The summed E-state index contributed by atoms with van der Waals surface area (Å²) in [6.07, 6.45) is 3.04. The van der Waals surface area contributed by atoms with Crippen molar-refractivity contribution in [2.75, 3.05) is 0 Å². The van der Waals surface area contributed by atoms with Gasteiger partial charge in [-0.25, -0.2) is 0 Å². The Morgan fingerprint density at radius 3 is 2.40 bits per heavy atom. The van der Waals surface area contributed by atoms with Gasteiger partial charge in [0, 0.05) is 0 Å². The molecule has 1 aliphatic carbocycles. The largest absolute Gasteiger partial charge is 0.382 e. The van der Waals surface area contributed by atoms with Crippen molar-refractivity contribution < 1.29 is 15.3 Å². The van der Waals surface area contributed by atoms with E-state index in [4.69, 9.17) is 0 Å². The summed E-state index contributed by atoms with van der Waals surface area (Å²) >= 11 is 0. The van der Waals surface area contributed by atoms with Crippen molar-refractivity contribution in [1.82, 2.24) is 0 Å². The highest BCUT2D eigenvalue weighted by Crippen LogP contribution is 2.28. The fourth-order valence-electron chi connectivity index (χ4n) is 1.59. The third kappa shape index (κ3) is 1.85. The second kappa shape index (κ2) is 3.62. The van der Waals surface area contributed by atoms with Crippen molar-refractivity contribution >= 4 is 5.57 Å². The highest BCUT2D eigenvalue weighted by Gasteiger charge is 2.35. The van der Waals surface area contributed by atoms with Gasteiger partial charge >= 0.3 is 0 Å². The Hall–Kier alpha value is -1.42. The molecule has 0 aliphatic heterocycles. The monoisotopic (exact) mass is 204 g/mol. The zero-order chi connectivity index (χ0) is 10.9. The van der Waals surface area contributed by atoms with Gasteiger partial charge in [0.25, 0.3) is 0 Å². The van der Waals surface area contributed by atoms with Crippen LogP contribution in [-0.4, -0.2) is 27.2 Å². The molecular weight excluding hydrogens is 192 g/mol. The van der Waals surface area contributed by atoms with Crippen LogP contribution in [0.2, 0.25) is 0 Å². The molecule has 0 heterocycles. The normalized spacial score (nSPS) is 23.7. The second-order valence-corrected chi connectivity index (χ2v) is 3.53. The molecule has 1 atom stereocenters. The summed E-state index contributed by atoms with van der Waals surface area (Å²) in [7, 11) is 0. The van der Waals surface area contributed by atoms with Crippen LogP contribution in [0.25, 0.3) is 5.57 Å². The van der Waals surface area contributed by atoms with Crippen molar-refractivity contribution in [3.05, 3.63) is 54.1 Å².